The average Bonchev–Trinajstić information content (AvgIpc) is 3.33. The maximum atomic E-state index is 13.8. The number of aliphatic hydroxyl groups is 1. The topological polar surface area (TPSA) is 142 Å². The van der Waals surface area contributed by atoms with Gasteiger partial charge in [0, 0.05) is 24.2 Å². The van der Waals surface area contributed by atoms with Gasteiger partial charge in [0.15, 0.2) is 10.8 Å². The van der Waals surface area contributed by atoms with E-state index in [4.69, 9.17) is 4.42 Å². The van der Waals surface area contributed by atoms with Gasteiger partial charge >= 0.3 is 0 Å². The Morgan fingerprint density at radius 2 is 1.82 bits per heavy atom. The molecule has 1 saturated carbocycles. The Kier molecular flexibility index (Phi) is 7.75. The molecule has 1 aliphatic carbocycles. The number of aromatic nitrogens is 1. The smallest absolute Gasteiger partial charge is 0.287 e. The fourth-order valence-corrected chi connectivity index (χ4v) is 7.23. The van der Waals surface area contributed by atoms with E-state index in [2.05, 4.69) is 15.6 Å². The van der Waals surface area contributed by atoms with Crippen molar-refractivity contribution in [1.29, 1.82) is 0 Å². The number of hydrogen-bond donors (Lipinski definition) is 3. The summed E-state index contributed by atoms with van der Waals surface area (Å²) >= 11 is 0. The highest BCUT2D eigenvalue weighted by Crippen LogP contribution is 2.31. The van der Waals surface area contributed by atoms with Crippen LogP contribution in [-0.2, 0) is 14.8 Å². The summed E-state index contributed by atoms with van der Waals surface area (Å²) in [5.41, 5.74) is -0.559. The molecule has 3 heterocycles. The van der Waals surface area contributed by atoms with Gasteiger partial charge in [0.25, 0.3) is 15.9 Å². The molecule has 1 aliphatic heterocycles. The number of nitrogens with one attached hydrogen (secondary N) is 2. The quantitative estimate of drug-likeness (QED) is 0.425. The molecule has 5 rings (SSSR count). The summed E-state index contributed by atoms with van der Waals surface area (Å²) < 4.78 is 33.5. The number of sulfonamides is 1. The molecule has 39 heavy (non-hydrogen) atoms. The maximum absolute atomic E-state index is 13.8. The van der Waals surface area contributed by atoms with E-state index in [1.807, 2.05) is 18.2 Å². The number of amides is 2. The number of furan rings is 1. The van der Waals surface area contributed by atoms with Crippen molar-refractivity contribution < 1.29 is 27.5 Å². The Labute approximate surface area is 227 Å². The van der Waals surface area contributed by atoms with Crippen LogP contribution in [0.5, 0.6) is 0 Å². The Morgan fingerprint density at radius 3 is 2.54 bits per heavy atom. The van der Waals surface area contributed by atoms with E-state index >= 15 is 0 Å². The van der Waals surface area contributed by atoms with Gasteiger partial charge in [-0.05, 0) is 56.9 Å². The predicted molar refractivity (Wildman–Crippen MR) is 144 cm³/mol. The first-order chi connectivity index (χ1) is 18.7. The minimum atomic E-state index is -3.93. The third-order valence-electron chi connectivity index (χ3n) is 7.89. The molecule has 1 aromatic carbocycles. The third kappa shape index (κ3) is 5.57. The first kappa shape index (κ1) is 27.3. The van der Waals surface area contributed by atoms with E-state index in [9.17, 15) is 23.1 Å². The van der Waals surface area contributed by atoms with Crippen LogP contribution in [0.1, 0.15) is 62.4 Å². The second-order valence-corrected chi connectivity index (χ2v) is 12.4. The zero-order chi connectivity index (χ0) is 27.6. The Bertz CT molecular complexity index is 1400. The summed E-state index contributed by atoms with van der Waals surface area (Å²) in [6, 6.07) is 12.6. The molecule has 3 atom stereocenters. The molecule has 2 fully saturated rings. The van der Waals surface area contributed by atoms with Crippen LogP contribution < -0.4 is 10.6 Å². The summed E-state index contributed by atoms with van der Waals surface area (Å²) in [6.07, 6.45) is 4.53. The number of aliphatic hydroxyl groups excluding tert-OH is 1. The summed E-state index contributed by atoms with van der Waals surface area (Å²) in [6.45, 7) is 1.61. The number of hydrogen-bond acceptors (Lipinski definition) is 7. The van der Waals surface area contributed by atoms with Crippen molar-refractivity contribution in [1.82, 2.24) is 19.9 Å². The minimum absolute atomic E-state index is 0.0824. The SMILES string of the molecule is C[C@@H]1CC[C@H](NC(=O)C2(NC(=O)c3cc4ccccc4o3)CCCCC2)[C@@H](O)CN1S(=O)(=O)c1ccccn1. The zero-order valence-electron chi connectivity index (χ0n) is 21.9. The van der Waals surface area contributed by atoms with Gasteiger partial charge in [-0.25, -0.2) is 13.4 Å². The number of carbonyl (C=O) groups is 2. The van der Waals surface area contributed by atoms with Crippen molar-refractivity contribution >= 4 is 32.8 Å². The molecule has 0 unspecified atom stereocenters. The lowest BCUT2D eigenvalue weighted by Gasteiger charge is -2.38. The number of nitrogens with zero attached hydrogens (tertiary/aromatic N) is 2. The van der Waals surface area contributed by atoms with Gasteiger partial charge in [-0.1, -0.05) is 43.5 Å². The standard InChI is InChI=1S/C28H34N4O6S/c1-19-12-13-21(22(33)18-32(19)39(36,37)25-11-5-8-16-29-25)30-27(35)28(14-6-2-7-15-28)31-26(34)24-17-20-9-3-4-10-23(20)38-24/h3-5,8-11,16-17,19,21-22,33H,2,6-7,12-15,18H2,1H3,(H,30,35)(H,31,34)/t19-,21+,22+/m1/s1. The largest absolute Gasteiger partial charge is 0.451 e. The first-order valence-corrected chi connectivity index (χ1v) is 14.9. The van der Waals surface area contributed by atoms with Crippen LogP contribution in [0, 0.1) is 0 Å². The first-order valence-electron chi connectivity index (χ1n) is 13.4. The second kappa shape index (κ2) is 11.1. The number of carbonyl (C=O) groups excluding carboxylic acids is 2. The molecule has 2 aromatic heterocycles. The third-order valence-corrected chi connectivity index (χ3v) is 9.79. The summed E-state index contributed by atoms with van der Waals surface area (Å²) in [4.78, 5) is 31.0. The summed E-state index contributed by atoms with van der Waals surface area (Å²) in [5, 5.41) is 17.7. The lowest BCUT2D eigenvalue weighted by molar-refractivity contribution is -0.130. The highest BCUT2D eigenvalue weighted by atomic mass is 32.2. The minimum Gasteiger partial charge on any atom is -0.451 e. The molecule has 11 heteroatoms. The molecule has 1 saturated heterocycles. The molecule has 2 aliphatic rings. The highest BCUT2D eigenvalue weighted by Gasteiger charge is 2.44. The molecule has 0 spiro atoms. The van der Waals surface area contributed by atoms with Gasteiger partial charge in [0.2, 0.25) is 5.91 Å². The fourth-order valence-electron chi connectivity index (χ4n) is 5.62. The molecule has 208 valence electrons. The molecule has 0 radical (unpaired) electrons. The number of benzene rings is 1. The molecule has 3 aromatic rings. The van der Waals surface area contributed by atoms with Crippen molar-refractivity contribution in [3.8, 4) is 0 Å². The van der Waals surface area contributed by atoms with E-state index in [1.54, 1.807) is 31.2 Å². The normalized spacial score (nSPS) is 24.1. The van der Waals surface area contributed by atoms with E-state index < -0.39 is 39.7 Å². The van der Waals surface area contributed by atoms with Gasteiger partial charge in [-0.3, -0.25) is 9.59 Å². The van der Waals surface area contributed by atoms with Crippen molar-refractivity contribution in [3.05, 3.63) is 60.5 Å². The Balaban J connectivity index is 1.32. The lowest BCUT2D eigenvalue weighted by atomic mass is 9.80. The average molecular weight is 555 g/mol. The van der Waals surface area contributed by atoms with Crippen molar-refractivity contribution in [2.75, 3.05) is 6.54 Å². The lowest BCUT2D eigenvalue weighted by Crippen LogP contribution is -2.62. The molecular formula is C28H34N4O6S. The number of β-amino-alcohol motifs (C(OH)–C–C–N with tert-alkyl or cyclic N) is 1. The second-order valence-electron chi connectivity index (χ2n) is 10.6. The van der Waals surface area contributed by atoms with Crippen LogP contribution in [-0.4, -0.2) is 64.9 Å². The summed E-state index contributed by atoms with van der Waals surface area (Å²) in [7, 11) is -3.93. The van der Waals surface area contributed by atoms with Crippen molar-refractivity contribution in [2.24, 2.45) is 0 Å². The van der Waals surface area contributed by atoms with Crippen LogP contribution in [0.25, 0.3) is 11.0 Å². The van der Waals surface area contributed by atoms with Crippen LogP contribution in [0.4, 0.5) is 0 Å². The predicted octanol–water partition coefficient (Wildman–Crippen LogP) is 2.98. The van der Waals surface area contributed by atoms with Crippen molar-refractivity contribution in [2.45, 2.75) is 80.6 Å². The maximum Gasteiger partial charge on any atom is 0.287 e. The monoisotopic (exact) mass is 554 g/mol. The molecule has 10 nitrogen and oxygen atoms in total. The molecule has 3 N–H and O–H groups in total. The van der Waals surface area contributed by atoms with E-state index in [-0.39, 0.29) is 23.2 Å². The number of pyridine rings is 1. The van der Waals surface area contributed by atoms with E-state index in [1.165, 1.54) is 16.6 Å². The Morgan fingerprint density at radius 1 is 1.08 bits per heavy atom. The fraction of sp³-hybridized carbons (Fsp3) is 0.464. The zero-order valence-corrected chi connectivity index (χ0v) is 22.7. The van der Waals surface area contributed by atoms with Crippen LogP contribution in [0.2, 0.25) is 0 Å². The molecule has 0 bridgehead atoms. The van der Waals surface area contributed by atoms with Crippen LogP contribution in [0.15, 0.2) is 64.2 Å². The highest BCUT2D eigenvalue weighted by molar-refractivity contribution is 7.89. The number of fused-ring (bicyclic) bond motifs is 1. The van der Waals surface area contributed by atoms with Gasteiger partial charge in [0.05, 0.1) is 12.1 Å². The van der Waals surface area contributed by atoms with Gasteiger partial charge in [-0.2, -0.15) is 4.31 Å². The van der Waals surface area contributed by atoms with E-state index in [0.717, 1.165) is 24.6 Å². The molecular weight excluding hydrogens is 520 g/mol. The van der Waals surface area contributed by atoms with Gasteiger partial charge in [-0.15, -0.1) is 0 Å². The van der Waals surface area contributed by atoms with Gasteiger partial charge < -0.3 is 20.2 Å². The number of para-hydroxylation sites is 1. The van der Waals surface area contributed by atoms with E-state index in [0.29, 0.717) is 31.3 Å². The molecule has 2 amide bonds. The Hall–Kier alpha value is -3.28. The number of rotatable bonds is 6. The van der Waals surface area contributed by atoms with Crippen LogP contribution in [0.3, 0.4) is 0 Å². The summed E-state index contributed by atoms with van der Waals surface area (Å²) in [5.74, 6) is -0.706. The van der Waals surface area contributed by atoms with Crippen LogP contribution >= 0.6 is 0 Å². The van der Waals surface area contributed by atoms with Gasteiger partial charge in [0.1, 0.15) is 11.1 Å². The van der Waals surface area contributed by atoms with Crippen molar-refractivity contribution in [3.63, 3.8) is 0 Å².